The van der Waals surface area contributed by atoms with Crippen molar-refractivity contribution in [2.45, 2.75) is 0 Å². The molecule has 0 saturated carbocycles. The van der Waals surface area contributed by atoms with Crippen molar-refractivity contribution < 1.29 is 8.83 Å². The lowest BCUT2D eigenvalue weighted by Gasteiger charge is -2.27. The van der Waals surface area contributed by atoms with Crippen LogP contribution in [0.1, 0.15) is 0 Å². The van der Waals surface area contributed by atoms with Crippen LogP contribution < -0.4 is 4.90 Å². The van der Waals surface area contributed by atoms with E-state index in [0.29, 0.717) is 0 Å². The molecule has 0 fully saturated rings. The summed E-state index contributed by atoms with van der Waals surface area (Å²) in [5, 5.41) is 6.72. The third-order valence-corrected chi connectivity index (χ3v) is 10.9. The fraction of sp³-hybridized carbons (Fsp3) is 0. The van der Waals surface area contributed by atoms with Crippen molar-refractivity contribution in [1.82, 2.24) is 0 Å². The second-order valence-electron chi connectivity index (χ2n) is 14.0. The molecule has 0 amide bonds. The van der Waals surface area contributed by atoms with Crippen LogP contribution in [-0.4, -0.2) is 0 Å². The molecule has 0 saturated heterocycles. The second-order valence-corrected chi connectivity index (χ2v) is 14.0. The van der Waals surface area contributed by atoms with Crippen molar-refractivity contribution in [2.75, 3.05) is 4.90 Å². The summed E-state index contributed by atoms with van der Waals surface area (Å²) in [7, 11) is 0. The molecule has 11 rings (SSSR count). The predicted octanol–water partition coefficient (Wildman–Crippen LogP) is 15.1. The maximum atomic E-state index is 6.77. The fourth-order valence-electron chi connectivity index (χ4n) is 8.41. The standard InChI is InChI=1S/C52H33NO2/c1-3-14-34(15-4-1)40-31-28-36-18-7-8-19-39(36)49(40)37-26-29-38(30-27-37)53(44-22-13-25-48-50(44)42-20-9-11-23-46(42)54-48)45-33-32-41(35-16-5-2-6-17-35)52-51(45)43-21-10-12-24-47(43)55-52/h1-33H. The number of nitrogens with zero attached hydrogens (tertiary/aromatic N) is 1. The highest BCUT2D eigenvalue weighted by Gasteiger charge is 2.25. The SMILES string of the molecule is c1ccc(-c2ccc3ccccc3c2-c2ccc(N(c3cccc4oc5ccccc5c34)c3ccc(-c4ccccc4)c4oc5ccccc5c34)cc2)cc1. The number of hydrogen-bond donors (Lipinski definition) is 0. The molecule has 0 radical (unpaired) electrons. The van der Waals surface area contributed by atoms with Gasteiger partial charge in [-0.25, -0.2) is 0 Å². The molecule has 0 spiro atoms. The minimum Gasteiger partial charge on any atom is -0.456 e. The van der Waals surface area contributed by atoms with Crippen LogP contribution in [0.2, 0.25) is 0 Å². The Morgan fingerprint density at radius 3 is 1.64 bits per heavy atom. The zero-order chi connectivity index (χ0) is 36.3. The van der Waals surface area contributed by atoms with E-state index in [1.54, 1.807) is 0 Å². The summed E-state index contributed by atoms with van der Waals surface area (Å²) in [5.41, 5.74) is 13.5. The van der Waals surface area contributed by atoms with E-state index in [1.165, 1.54) is 27.5 Å². The van der Waals surface area contributed by atoms with Crippen molar-refractivity contribution in [3.8, 4) is 33.4 Å². The van der Waals surface area contributed by atoms with Gasteiger partial charge in [0, 0.05) is 22.0 Å². The molecule has 0 bridgehead atoms. The molecular weight excluding hydrogens is 671 g/mol. The van der Waals surface area contributed by atoms with Crippen LogP contribution in [-0.2, 0) is 0 Å². The van der Waals surface area contributed by atoms with Crippen LogP contribution in [0.15, 0.2) is 209 Å². The van der Waals surface area contributed by atoms with Gasteiger partial charge >= 0.3 is 0 Å². The first-order valence-electron chi connectivity index (χ1n) is 18.7. The Bertz CT molecular complexity index is 3190. The Hall–Kier alpha value is -7.36. The van der Waals surface area contributed by atoms with Crippen molar-refractivity contribution in [2.24, 2.45) is 0 Å². The molecule has 0 aliphatic heterocycles. The van der Waals surface area contributed by atoms with Gasteiger partial charge in [0.2, 0.25) is 0 Å². The van der Waals surface area contributed by atoms with Crippen molar-refractivity contribution >= 4 is 71.7 Å². The first-order chi connectivity index (χ1) is 27.3. The molecular formula is C52H33NO2. The summed E-state index contributed by atoms with van der Waals surface area (Å²) in [6, 6.07) is 70.9. The zero-order valence-corrected chi connectivity index (χ0v) is 29.8. The summed E-state index contributed by atoms with van der Waals surface area (Å²) in [6.45, 7) is 0. The Morgan fingerprint density at radius 2 is 0.891 bits per heavy atom. The Morgan fingerprint density at radius 1 is 0.327 bits per heavy atom. The number of furan rings is 2. The molecule has 2 heterocycles. The quantitative estimate of drug-likeness (QED) is 0.173. The molecule has 55 heavy (non-hydrogen) atoms. The minimum absolute atomic E-state index is 0.845. The summed E-state index contributed by atoms with van der Waals surface area (Å²) in [5.74, 6) is 0. The van der Waals surface area contributed by atoms with Gasteiger partial charge in [0.25, 0.3) is 0 Å². The van der Waals surface area contributed by atoms with Crippen molar-refractivity contribution in [3.63, 3.8) is 0 Å². The van der Waals surface area contributed by atoms with Gasteiger partial charge in [0.1, 0.15) is 22.3 Å². The van der Waals surface area contributed by atoms with Gasteiger partial charge in [0.05, 0.1) is 22.1 Å². The van der Waals surface area contributed by atoms with E-state index in [9.17, 15) is 0 Å². The highest BCUT2D eigenvalue weighted by molar-refractivity contribution is 6.20. The summed E-state index contributed by atoms with van der Waals surface area (Å²) in [6.07, 6.45) is 0. The molecule has 0 aliphatic rings. The lowest BCUT2D eigenvalue weighted by atomic mass is 9.89. The zero-order valence-electron chi connectivity index (χ0n) is 29.8. The Balaban J connectivity index is 1.19. The Kier molecular flexibility index (Phi) is 7.17. The molecule has 3 nitrogen and oxygen atoms in total. The minimum atomic E-state index is 0.845. The first-order valence-corrected chi connectivity index (χ1v) is 18.7. The van der Waals surface area contributed by atoms with Crippen molar-refractivity contribution in [1.29, 1.82) is 0 Å². The maximum absolute atomic E-state index is 6.77. The topological polar surface area (TPSA) is 29.5 Å². The number of benzene rings is 9. The summed E-state index contributed by atoms with van der Waals surface area (Å²) >= 11 is 0. The van der Waals surface area contributed by atoms with Crippen molar-refractivity contribution in [3.05, 3.63) is 200 Å². The number of para-hydroxylation sites is 2. The lowest BCUT2D eigenvalue weighted by molar-refractivity contribution is 0.669. The molecule has 258 valence electrons. The van der Waals surface area contributed by atoms with E-state index < -0.39 is 0 Å². The molecule has 2 aromatic heterocycles. The van der Waals surface area contributed by atoms with E-state index >= 15 is 0 Å². The van der Waals surface area contributed by atoms with Crippen LogP contribution in [0.5, 0.6) is 0 Å². The molecule has 3 heteroatoms. The average Bonchev–Trinajstić information content (AvgIpc) is 3.84. The van der Waals surface area contributed by atoms with E-state index in [0.717, 1.165) is 77.6 Å². The van der Waals surface area contributed by atoms with Gasteiger partial charge in [-0.05, 0) is 87.1 Å². The Labute approximate surface area is 317 Å². The van der Waals surface area contributed by atoms with Gasteiger partial charge < -0.3 is 13.7 Å². The van der Waals surface area contributed by atoms with E-state index in [2.05, 4.69) is 187 Å². The molecule has 0 unspecified atom stereocenters. The van der Waals surface area contributed by atoms with E-state index in [4.69, 9.17) is 8.83 Å². The van der Waals surface area contributed by atoms with E-state index in [1.807, 2.05) is 18.2 Å². The van der Waals surface area contributed by atoms with Gasteiger partial charge in [-0.1, -0.05) is 152 Å². The van der Waals surface area contributed by atoms with Crippen LogP contribution in [0.25, 0.3) is 88.0 Å². The molecule has 9 aromatic carbocycles. The van der Waals surface area contributed by atoms with Gasteiger partial charge in [-0.15, -0.1) is 0 Å². The molecule has 11 aromatic rings. The average molecular weight is 704 g/mol. The van der Waals surface area contributed by atoms with E-state index in [-0.39, 0.29) is 0 Å². The molecule has 0 atom stereocenters. The highest BCUT2D eigenvalue weighted by atomic mass is 16.3. The first kappa shape index (κ1) is 31.2. The highest BCUT2D eigenvalue weighted by Crippen LogP contribution is 2.49. The number of anilines is 3. The largest absolute Gasteiger partial charge is 0.456 e. The van der Waals surface area contributed by atoms with Crippen LogP contribution in [0.4, 0.5) is 17.1 Å². The van der Waals surface area contributed by atoms with Gasteiger partial charge in [-0.2, -0.15) is 0 Å². The summed E-state index contributed by atoms with van der Waals surface area (Å²) in [4.78, 5) is 2.38. The number of rotatable bonds is 6. The monoisotopic (exact) mass is 703 g/mol. The predicted molar refractivity (Wildman–Crippen MR) is 229 cm³/mol. The number of hydrogen-bond acceptors (Lipinski definition) is 3. The van der Waals surface area contributed by atoms with Crippen LogP contribution in [0, 0.1) is 0 Å². The third kappa shape index (κ3) is 5.05. The van der Waals surface area contributed by atoms with Gasteiger partial charge in [0.15, 0.2) is 0 Å². The third-order valence-electron chi connectivity index (χ3n) is 10.9. The van der Waals surface area contributed by atoms with Crippen LogP contribution >= 0.6 is 0 Å². The lowest BCUT2D eigenvalue weighted by Crippen LogP contribution is -2.11. The smallest absolute Gasteiger partial charge is 0.145 e. The molecule has 0 aliphatic carbocycles. The normalized spacial score (nSPS) is 11.6. The summed E-state index contributed by atoms with van der Waals surface area (Å²) < 4.78 is 13.2. The van der Waals surface area contributed by atoms with Gasteiger partial charge in [-0.3, -0.25) is 0 Å². The molecule has 0 N–H and O–H groups in total. The number of fused-ring (bicyclic) bond motifs is 7. The maximum Gasteiger partial charge on any atom is 0.145 e. The van der Waals surface area contributed by atoms with Crippen LogP contribution in [0.3, 0.4) is 0 Å². The fourth-order valence-corrected chi connectivity index (χ4v) is 8.41. The second kappa shape index (κ2) is 12.6.